The average Bonchev–Trinajstić information content (AvgIpc) is 3.18. The summed E-state index contributed by atoms with van der Waals surface area (Å²) in [6, 6.07) is 6.48. The van der Waals surface area contributed by atoms with E-state index in [9.17, 15) is 0 Å². The first-order chi connectivity index (χ1) is 8.29. The summed E-state index contributed by atoms with van der Waals surface area (Å²) in [6.07, 6.45) is 5.38. The highest BCUT2D eigenvalue weighted by atomic mass is 16.5. The molecule has 0 N–H and O–H groups in total. The summed E-state index contributed by atoms with van der Waals surface area (Å²) in [5, 5.41) is 4.69. The molecule has 0 atom stereocenters. The molecule has 0 aromatic carbocycles. The third kappa shape index (κ3) is 1.70. The lowest BCUT2D eigenvalue weighted by molar-refractivity contribution is 0.283. The zero-order valence-electron chi connectivity index (χ0n) is 10.0. The molecular formula is C14H16N2O. The molecule has 2 saturated carbocycles. The van der Waals surface area contributed by atoms with Gasteiger partial charge >= 0.3 is 0 Å². The molecule has 2 aromatic heterocycles. The van der Waals surface area contributed by atoms with E-state index in [2.05, 4.69) is 30.2 Å². The van der Waals surface area contributed by atoms with E-state index in [-0.39, 0.29) is 0 Å². The summed E-state index contributed by atoms with van der Waals surface area (Å²) in [4.78, 5) is 0. The Hall–Kier alpha value is -1.51. The van der Waals surface area contributed by atoms with Crippen LogP contribution in [0.5, 0.6) is 5.88 Å². The monoisotopic (exact) mass is 228 g/mol. The highest BCUT2D eigenvalue weighted by molar-refractivity contribution is 5.53. The number of aromatic nitrogens is 2. The van der Waals surface area contributed by atoms with Gasteiger partial charge in [-0.2, -0.15) is 5.10 Å². The molecule has 0 amide bonds. The Labute approximate surface area is 100 Å². The third-order valence-corrected chi connectivity index (χ3v) is 3.50. The van der Waals surface area contributed by atoms with E-state index in [4.69, 9.17) is 4.74 Å². The predicted molar refractivity (Wildman–Crippen MR) is 65.6 cm³/mol. The first-order valence-corrected chi connectivity index (χ1v) is 6.46. The van der Waals surface area contributed by atoms with Crippen molar-refractivity contribution in [3.63, 3.8) is 0 Å². The van der Waals surface area contributed by atoms with Crippen LogP contribution in [0.3, 0.4) is 0 Å². The highest BCUT2D eigenvalue weighted by Crippen LogP contribution is 2.40. The first-order valence-electron chi connectivity index (χ1n) is 6.46. The van der Waals surface area contributed by atoms with Crippen molar-refractivity contribution in [1.29, 1.82) is 0 Å². The fraction of sp³-hybridized carbons (Fsp3) is 0.500. The maximum atomic E-state index is 5.93. The lowest BCUT2D eigenvalue weighted by Crippen LogP contribution is -2.03. The van der Waals surface area contributed by atoms with E-state index in [0.717, 1.165) is 5.88 Å². The minimum absolute atomic E-state index is 0.425. The van der Waals surface area contributed by atoms with Crippen LogP contribution in [-0.4, -0.2) is 15.7 Å². The third-order valence-electron chi connectivity index (χ3n) is 3.50. The van der Waals surface area contributed by atoms with E-state index in [0.29, 0.717) is 12.0 Å². The van der Waals surface area contributed by atoms with E-state index in [1.54, 1.807) is 0 Å². The number of hydrogen-bond acceptors (Lipinski definition) is 2. The van der Waals surface area contributed by atoms with Crippen molar-refractivity contribution in [2.24, 2.45) is 0 Å². The van der Waals surface area contributed by atoms with Gasteiger partial charge in [-0.15, -0.1) is 0 Å². The Kier molecular flexibility index (Phi) is 1.82. The molecule has 0 aliphatic heterocycles. The van der Waals surface area contributed by atoms with Crippen molar-refractivity contribution >= 4 is 5.52 Å². The molecule has 2 heterocycles. The molecule has 2 aliphatic rings. The standard InChI is InChI=1S/C14H16N2O/c1-9-6-11-8-13(10-2-3-10)15-16(11)14(7-9)17-12-4-5-12/h6-8,10,12H,2-5H2,1H3. The van der Waals surface area contributed by atoms with Gasteiger partial charge in [-0.1, -0.05) is 0 Å². The van der Waals surface area contributed by atoms with Crippen LogP contribution in [-0.2, 0) is 0 Å². The van der Waals surface area contributed by atoms with Gasteiger partial charge in [-0.25, -0.2) is 4.52 Å². The summed E-state index contributed by atoms with van der Waals surface area (Å²) in [6.45, 7) is 2.11. The van der Waals surface area contributed by atoms with Gasteiger partial charge < -0.3 is 4.74 Å². The molecule has 0 radical (unpaired) electrons. The zero-order valence-corrected chi connectivity index (χ0v) is 10.0. The number of rotatable bonds is 3. The SMILES string of the molecule is Cc1cc(OC2CC2)n2nc(C3CC3)cc2c1. The Morgan fingerprint density at radius 1 is 1.18 bits per heavy atom. The van der Waals surface area contributed by atoms with Crippen LogP contribution in [0.1, 0.15) is 42.9 Å². The quantitative estimate of drug-likeness (QED) is 0.807. The van der Waals surface area contributed by atoms with Crippen LogP contribution >= 0.6 is 0 Å². The zero-order chi connectivity index (χ0) is 11.4. The van der Waals surface area contributed by atoms with Crippen molar-refractivity contribution in [2.75, 3.05) is 0 Å². The van der Waals surface area contributed by atoms with Crippen molar-refractivity contribution in [1.82, 2.24) is 9.61 Å². The summed E-state index contributed by atoms with van der Waals surface area (Å²) in [7, 11) is 0. The topological polar surface area (TPSA) is 26.5 Å². The summed E-state index contributed by atoms with van der Waals surface area (Å²) in [5.74, 6) is 1.61. The van der Waals surface area contributed by atoms with Crippen molar-refractivity contribution < 1.29 is 4.74 Å². The Morgan fingerprint density at radius 2 is 2.00 bits per heavy atom. The molecule has 2 fully saturated rings. The molecule has 2 aliphatic carbocycles. The number of aryl methyl sites for hydroxylation is 1. The molecule has 3 nitrogen and oxygen atoms in total. The maximum Gasteiger partial charge on any atom is 0.215 e. The van der Waals surface area contributed by atoms with Crippen LogP contribution in [0.2, 0.25) is 0 Å². The van der Waals surface area contributed by atoms with Gasteiger partial charge in [0.2, 0.25) is 5.88 Å². The van der Waals surface area contributed by atoms with E-state index >= 15 is 0 Å². The number of hydrogen-bond donors (Lipinski definition) is 0. The van der Waals surface area contributed by atoms with Crippen molar-refractivity contribution in [3.05, 3.63) is 29.5 Å². The lowest BCUT2D eigenvalue weighted by atomic mass is 10.2. The summed E-state index contributed by atoms with van der Waals surface area (Å²) in [5.41, 5.74) is 3.65. The van der Waals surface area contributed by atoms with Crippen molar-refractivity contribution in [2.45, 2.75) is 44.6 Å². The lowest BCUT2D eigenvalue weighted by Gasteiger charge is -2.07. The van der Waals surface area contributed by atoms with Gasteiger partial charge in [0.15, 0.2) is 0 Å². The van der Waals surface area contributed by atoms with Crippen LogP contribution in [0.4, 0.5) is 0 Å². The fourth-order valence-corrected chi connectivity index (χ4v) is 2.24. The van der Waals surface area contributed by atoms with E-state index in [1.807, 2.05) is 4.52 Å². The van der Waals surface area contributed by atoms with Gasteiger partial charge in [-0.3, -0.25) is 0 Å². The van der Waals surface area contributed by atoms with Crippen molar-refractivity contribution in [3.8, 4) is 5.88 Å². The minimum atomic E-state index is 0.425. The maximum absolute atomic E-state index is 5.93. The van der Waals surface area contributed by atoms with E-state index < -0.39 is 0 Å². The molecule has 88 valence electrons. The second-order valence-corrected chi connectivity index (χ2v) is 5.37. The normalized spacial score (nSPS) is 19.8. The Balaban J connectivity index is 1.84. The van der Waals surface area contributed by atoms with Crippen LogP contribution in [0, 0.1) is 6.92 Å². The van der Waals surface area contributed by atoms with Crippen LogP contribution in [0.25, 0.3) is 5.52 Å². The van der Waals surface area contributed by atoms with Crippen LogP contribution in [0.15, 0.2) is 18.2 Å². The predicted octanol–water partition coefficient (Wildman–Crippen LogP) is 3.06. The molecule has 0 saturated heterocycles. The second kappa shape index (κ2) is 3.25. The second-order valence-electron chi connectivity index (χ2n) is 5.37. The smallest absolute Gasteiger partial charge is 0.215 e. The minimum Gasteiger partial charge on any atom is -0.474 e. The molecule has 0 spiro atoms. The molecule has 17 heavy (non-hydrogen) atoms. The van der Waals surface area contributed by atoms with Gasteiger partial charge in [0.1, 0.15) is 6.10 Å². The highest BCUT2D eigenvalue weighted by Gasteiger charge is 2.28. The fourth-order valence-electron chi connectivity index (χ4n) is 2.24. The summed E-state index contributed by atoms with van der Waals surface area (Å²) >= 11 is 0. The Morgan fingerprint density at radius 3 is 2.71 bits per heavy atom. The van der Waals surface area contributed by atoms with E-state index in [1.165, 1.54) is 42.5 Å². The largest absolute Gasteiger partial charge is 0.474 e. The first kappa shape index (κ1) is 9.51. The van der Waals surface area contributed by atoms with Crippen LogP contribution < -0.4 is 4.74 Å². The molecule has 4 rings (SSSR count). The molecule has 2 aromatic rings. The van der Waals surface area contributed by atoms with Gasteiger partial charge in [0.25, 0.3) is 0 Å². The Bertz CT molecular complexity index is 579. The van der Waals surface area contributed by atoms with Gasteiger partial charge in [0, 0.05) is 12.0 Å². The number of pyridine rings is 1. The molecule has 3 heteroatoms. The van der Waals surface area contributed by atoms with Gasteiger partial charge in [0.05, 0.1) is 11.2 Å². The number of fused-ring (bicyclic) bond motifs is 1. The summed E-state index contributed by atoms with van der Waals surface area (Å²) < 4.78 is 7.90. The van der Waals surface area contributed by atoms with Gasteiger partial charge in [-0.05, 0) is 50.3 Å². The molecule has 0 bridgehead atoms. The number of ether oxygens (including phenoxy) is 1. The number of nitrogens with zero attached hydrogens (tertiary/aromatic N) is 2. The molecular weight excluding hydrogens is 212 g/mol. The molecule has 0 unspecified atom stereocenters. The average molecular weight is 228 g/mol.